The van der Waals surface area contributed by atoms with E-state index in [-0.39, 0.29) is 12.2 Å². The summed E-state index contributed by atoms with van der Waals surface area (Å²) in [6.45, 7) is 0. The van der Waals surface area contributed by atoms with Gasteiger partial charge in [0.1, 0.15) is 5.76 Å². The molecule has 0 aromatic rings. The summed E-state index contributed by atoms with van der Waals surface area (Å²) in [6, 6.07) is 0. The minimum absolute atomic E-state index is 0.0771. The molecule has 1 N–H and O–H groups in total. The third kappa shape index (κ3) is 1.89. The number of ether oxygens (including phenoxy) is 2. The van der Waals surface area contributed by atoms with Gasteiger partial charge in [-0.25, -0.2) is 0 Å². The molecule has 1 unspecified atom stereocenters. The molecule has 0 saturated carbocycles. The van der Waals surface area contributed by atoms with Gasteiger partial charge >= 0.3 is 0 Å². The van der Waals surface area contributed by atoms with Crippen LogP contribution in [0.15, 0.2) is 23.7 Å². The van der Waals surface area contributed by atoms with E-state index in [9.17, 15) is 9.90 Å². The van der Waals surface area contributed by atoms with Crippen molar-refractivity contribution in [2.24, 2.45) is 0 Å². The first-order valence-electron chi connectivity index (χ1n) is 3.83. The largest absolute Gasteiger partial charge is 0.512 e. The van der Waals surface area contributed by atoms with Crippen molar-refractivity contribution < 1.29 is 19.4 Å². The van der Waals surface area contributed by atoms with E-state index >= 15 is 0 Å². The maximum absolute atomic E-state index is 10.8. The molecule has 1 atom stereocenters. The van der Waals surface area contributed by atoms with Crippen LogP contribution in [0.4, 0.5) is 0 Å². The minimum Gasteiger partial charge on any atom is -0.512 e. The maximum atomic E-state index is 10.8. The van der Waals surface area contributed by atoms with Crippen LogP contribution in [-0.2, 0) is 14.3 Å². The number of aliphatic hydroxyl groups is 1. The van der Waals surface area contributed by atoms with Crippen LogP contribution in [-0.4, -0.2) is 31.2 Å². The van der Waals surface area contributed by atoms with Gasteiger partial charge in [-0.3, -0.25) is 4.79 Å². The number of aldehydes is 1. The Morgan fingerprint density at radius 2 is 2.31 bits per heavy atom. The van der Waals surface area contributed by atoms with E-state index in [2.05, 4.69) is 0 Å². The second-order valence-electron chi connectivity index (χ2n) is 2.84. The van der Waals surface area contributed by atoms with Crippen molar-refractivity contribution in [3.63, 3.8) is 0 Å². The quantitative estimate of drug-likeness (QED) is 0.663. The Labute approximate surface area is 76.5 Å². The van der Waals surface area contributed by atoms with Gasteiger partial charge in [0.25, 0.3) is 0 Å². The topological polar surface area (TPSA) is 55.8 Å². The number of hydrogen-bond donors (Lipinski definition) is 1. The van der Waals surface area contributed by atoms with Crippen LogP contribution in [0.5, 0.6) is 0 Å². The van der Waals surface area contributed by atoms with Gasteiger partial charge in [0.15, 0.2) is 11.9 Å². The summed E-state index contributed by atoms with van der Waals surface area (Å²) in [5.74, 6) is 0.506. The van der Waals surface area contributed by atoms with E-state index in [4.69, 9.17) is 9.47 Å². The van der Waals surface area contributed by atoms with Gasteiger partial charge in [0.05, 0.1) is 12.9 Å². The lowest BCUT2D eigenvalue weighted by atomic mass is 9.94. The Morgan fingerprint density at radius 3 is 2.77 bits per heavy atom. The van der Waals surface area contributed by atoms with E-state index < -0.39 is 5.60 Å². The van der Waals surface area contributed by atoms with Crippen molar-refractivity contribution in [3.8, 4) is 0 Å². The second-order valence-corrected chi connectivity index (χ2v) is 2.84. The number of hydrogen-bond acceptors (Lipinski definition) is 4. The fourth-order valence-electron chi connectivity index (χ4n) is 1.20. The zero-order chi connectivity index (χ0) is 9.90. The Hall–Kier alpha value is -1.29. The molecule has 0 heterocycles. The molecule has 0 spiro atoms. The highest BCUT2D eigenvalue weighted by molar-refractivity contribution is 5.68. The molecule has 4 heteroatoms. The van der Waals surface area contributed by atoms with Crippen molar-refractivity contribution in [1.29, 1.82) is 0 Å². The number of rotatable bonds is 3. The number of carbonyl (C=O) groups is 1. The van der Waals surface area contributed by atoms with Crippen LogP contribution in [0.2, 0.25) is 0 Å². The first-order valence-corrected chi connectivity index (χ1v) is 3.83. The molecule has 1 aliphatic carbocycles. The molecule has 0 fully saturated rings. The fraction of sp³-hybridized carbons (Fsp3) is 0.444. The molecule has 13 heavy (non-hydrogen) atoms. The Morgan fingerprint density at radius 1 is 1.62 bits per heavy atom. The fourth-order valence-corrected chi connectivity index (χ4v) is 1.20. The zero-order valence-electron chi connectivity index (χ0n) is 7.61. The smallest absolute Gasteiger partial charge is 0.156 e. The molecule has 4 nitrogen and oxygen atoms in total. The second kappa shape index (κ2) is 3.62. The summed E-state index contributed by atoms with van der Waals surface area (Å²) in [5.41, 5.74) is -1.08. The average molecular weight is 184 g/mol. The summed E-state index contributed by atoms with van der Waals surface area (Å²) in [5, 5.41) is 9.31. The van der Waals surface area contributed by atoms with Crippen LogP contribution in [0.25, 0.3) is 0 Å². The van der Waals surface area contributed by atoms with Gasteiger partial charge in [-0.15, -0.1) is 0 Å². The van der Waals surface area contributed by atoms with E-state index in [0.29, 0.717) is 12.0 Å². The van der Waals surface area contributed by atoms with Gasteiger partial charge in [-0.05, 0) is 6.08 Å². The number of methoxy groups -OCH3 is 2. The highest BCUT2D eigenvalue weighted by Gasteiger charge is 2.32. The molecule has 0 radical (unpaired) electrons. The molecule has 0 aromatic carbocycles. The highest BCUT2D eigenvalue weighted by Crippen LogP contribution is 2.26. The molecular formula is C9H12O4. The lowest BCUT2D eigenvalue weighted by molar-refractivity contribution is -0.123. The van der Waals surface area contributed by atoms with E-state index in [1.807, 2.05) is 0 Å². The summed E-state index contributed by atoms with van der Waals surface area (Å²) in [4.78, 5) is 10.8. The van der Waals surface area contributed by atoms with Gasteiger partial charge < -0.3 is 14.6 Å². The highest BCUT2D eigenvalue weighted by atomic mass is 16.5. The zero-order valence-corrected chi connectivity index (χ0v) is 7.61. The SMILES string of the molecule is COC1=CC(C=O)(OC)CC(O)=C1. The lowest BCUT2D eigenvalue weighted by Crippen LogP contribution is -2.33. The summed E-state index contributed by atoms with van der Waals surface area (Å²) in [7, 11) is 2.88. The summed E-state index contributed by atoms with van der Waals surface area (Å²) < 4.78 is 9.91. The van der Waals surface area contributed by atoms with Gasteiger partial charge in [-0.1, -0.05) is 0 Å². The molecule has 0 amide bonds. The number of aliphatic hydroxyl groups excluding tert-OH is 1. The Kier molecular flexibility index (Phi) is 2.72. The standard InChI is InChI=1S/C9H12O4/c1-12-8-3-7(11)4-9(5-8,6-10)13-2/h3,5-6,11H,4H2,1-2H3. The van der Waals surface area contributed by atoms with Crippen LogP contribution in [0.3, 0.4) is 0 Å². The van der Waals surface area contributed by atoms with Crippen molar-refractivity contribution in [2.45, 2.75) is 12.0 Å². The maximum Gasteiger partial charge on any atom is 0.156 e. The van der Waals surface area contributed by atoms with E-state index in [0.717, 1.165) is 0 Å². The van der Waals surface area contributed by atoms with Crippen molar-refractivity contribution >= 4 is 6.29 Å². The van der Waals surface area contributed by atoms with Crippen molar-refractivity contribution in [2.75, 3.05) is 14.2 Å². The van der Waals surface area contributed by atoms with Crippen molar-refractivity contribution in [3.05, 3.63) is 23.7 Å². The summed E-state index contributed by atoms with van der Waals surface area (Å²) in [6.07, 6.45) is 3.80. The van der Waals surface area contributed by atoms with Crippen LogP contribution in [0.1, 0.15) is 6.42 Å². The Bertz CT molecular complexity index is 267. The van der Waals surface area contributed by atoms with Gasteiger partial charge in [-0.2, -0.15) is 0 Å². The average Bonchev–Trinajstić information content (AvgIpc) is 2.16. The van der Waals surface area contributed by atoms with Crippen molar-refractivity contribution in [1.82, 2.24) is 0 Å². The van der Waals surface area contributed by atoms with Gasteiger partial charge in [0.2, 0.25) is 0 Å². The molecule has 1 rings (SSSR count). The minimum atomic E-state index is -1.08. The first-order chi connectivity index (χ1) is 6.15. The molecule has 1 aliphatic rings. The first kappa shape index (κ1) is 9.80. The van der Waals surface area contributed by atoms with Crippen LogP contribution < -0.4 is 0 Å². The van der Waals surface area contributed by atoms with Crippen LogP contribution >= 0.6 is 0 Å². The van der Waals surface area contributed by atoms with Crippen LogP contribution in [0, 0.1) is 0 Å². The molecule has 72 valence electrons. The predicted octanol–water partition coefficient (Wildman–Crippen LogP) is 0.946. The predicted molar refractivity (Wildman–Crippen MR) is 46.2 cm³/mol. The van der Waals surface area contributed by atoms with E-state index in [1.54, 1.807) is 6.08 Å². The lowest BCUT2D eigenvalue weighted by Gasteiger charge is -2.26. The molecular weight excluding hydrogens is 172 g/mol. The van der Waals surface area contributed by atoms with Gasteiger partial charge in [0, 0.05) is 19.6 Å². The molecule has 0 bridgehead atoms. The third-order valence-corrected chi connectivity index (χ3v) is 1.97. The summed E-state index contributed by atoms with van der Waals surface area (Å²) >= 11 is 0. The normalized spacial score (nSPS) is 27.5. The Balaban J connectivity index is 2.99. The number of allylic oxidation sites excluding steroid dienone is 1. The third-order valence-electron chi connectivity index (χ3n) is 1.97. The van der Waals surface area contributed by atoms with E-state index in [1.165, 1.54) is 20.3 Å². The molecule has 0 aliphatic heterocycles. The molecule has 0 saturated heterocycles. The molecule has 0 aromatic heterocycles. The number of carbonyl (C=O) groups excluding carboxylic acids is 1. The monoisotopic (exact) mass is 184 g/mol.